The number of rotatable bonds is 3. The molecule has 1 aromatic carbocycles. The molecule has 0 bridgehead atoms. The van der Waals surface area contributed by atoms with Crippen molar-refractivity contribution in [3.05, 3.63) is 55.9 Å². The van der Waals surface area contributed by atoms with Crippen LogP contribution in [-0.2, 0) is 13.0 Å². The lowest BCUT2D eigenvalue weighted by atomic mass is 10.0. The van der Waals surface area contributed by atoms with E-state index in [2.05, 4.69) is 5.32 Å². The van der Waals surface area contributed by atoms with Gasteiger partial charge >= 0.3 is 0 Å². The lowest BCUT2D eigenvalue weighted by Crippen LogP contribution is -2.30. The highest BCUT2D eigenvalue weighted by Crippen LogP contribution is 2.29. The minimum atomic E-state index is -0.360. The second kappa shape index (κ2) is 6.87. The Bertz CT molecular complexity index is 862. The number of nitrogens with one attached hydrogen (secondary N) is 1. The van der Waals surface area contributed by atoms with Gasteiger partial charge in [0.2, 0.25) is 0 Å². The lowest BCUT2D eigenvalue weighted by Gasteiger charge is -2.22. The van der Waals surface area contributed by atoms with E-state index < -0.39 is 0 Å². The first-order chi connectivity index (χ1) is 11.5. The molecule has 0 saturated carbocycles. The quantitative estimate of drug-likeness (QED) is 0.899. The standard InChI is InChI=1S/C17H16Cl2N2O3/c1-24-14-9-15(22)21-7-3-2-4-13(21)16(14)17(23)20-12-6-5-10(18)8-11(12)19/h5-6,8-9H,2-4,7H2,1H3,(H,20,23). The Morgan fingerprint density at radius 1 is 1.25 bits per heavy atom. The van der Waals surface area contributed by atoms with Crippen molar-refractivity contribution < 1.29 is 9.53 Å². The van der Waals surface area contributed by atoms with Gasteiger partial charge in [0.05, 0.1) is 17.8 Å². The lowest BCUT2D eigenvalue weighted by molar-refractivity contribution is 0.102. The fraction of sp³-hybridized carbons (Fsp3) is 0.294. The van der Waals surface area contributed by atoms with Crippen LogP contribution in [0.5, 0.6) is 5.75 Å². The van der Waals surface area contributed by atoms with Gasteiger partial charge in [-0.2, -0.15) is 0 Å². The van der Waals surface area contributed by atoms with Crippen LogP contribution in [0.4, 0.5) is 5.69 Å². The number of pyridine rings is 1. The number of hydrogen-bond acceptors (Lipinski definition) is 3. The van der Waals surface area contributed by atoms with E-state index in [1.54, 1.807) is 22.8 Å². The number of nitrogens with zero attached hydrogens (tertiary/aromatic N) is 1. The van der Waals surface area contributed by atoms with Crippen LogP contribution in [0, 0.1) is 0 Å². The van der Waals surface area contributed by atoms with Gasteiger partial charge in [-0.25, -0.2) is 0 Å². The molecule has 1 N–H and O–H groups in total. The first kappa shape index (κ1) is 16.9. The number of methoxy groups -OCH3 is 1. The zero-order valence-electron chi connectivity index (χ0n) is 13.1. The number of anilines is 1. The SMILES string of the molecule is COc1cc(=O)n2c(c1C(=O)Nc1ccc(Cl)cc1Cl)CCCC2. The molecule has 0 fully saturated rings. The number of carbonyl (C=O) groups is 1. The highest BCUT2D eigenvalue weighted by molar-refractivity contribution is 6.36. The molecule has 24 heavy (non-hydrogen) atoms. The molecule has 3 rings (SSSR count). The number of ether oxygens (including phenoxy) is 1. The molecule has 1 aliphatic heterocycles. The molecule has 0 spiro atoms. The van der Waals surface area contributed by atoms with Crippen molar-refractivity contribution in [2.45, 2.75) is 25.8 Å². The molecule has 5 nitrogen and oxygen atoms in total. The number of benzene rings is 1. The maximum Gasteiger partial charge on any atom is 0.261 e. The minimum absolute atomic E-state index is 0.150. The van der Waals surface area contributed by atoms with Gasteiger partial charge in [-0.15, -0.1) is 0 Å². The summed E-state index contributed by atoms with van der Waals surface area (Å²) in [4.78, 5) is 25.0. The van der Waals surface area contributed by atoms with Gasteiger partial charge in [0.25, 0.3) is 11.5 Å². The molecular formula is C17H16Cl2N2O3. The van der Waals surface area contributed by atoms with Crippen molar-refractivity contribution >= 4 is 34.8 Å². The van der Waals surface area contributed by atoms with E-state index in [1.165, 1.54) is 13.2 Å². The van der Waals surface area contributed by atoms with E-state index in [4.69, 9.17) is 27.9 Å². The summed E-state index contributed by atoms with van der Waals surface area (Å²) in [6.45, 7) is 0.611. The minimum Gasteiger partial charge on any atom is -0.496 e. The number of hydrogen-bond donors (Lipinski definition) is 1. The summed E-state index contributed by atoms with van der Waals surface area (Å²) >= 11 is 12.0. The van der Waals surface area contributed by atoms with Gasteiger partial charge in [-0.1, -0.05) is 23.2 Å². The van der Waals surface area contributed by atoms with E-state index in [-0.39, 0.29) is 17.2 Å². The van der Waals surface area contributed by atoms with Gasteiger partial charge in [-0.05, 0) is 37.5 Å². The van der Waals surface area contributed by atoms with Crippen molar-refractivity contribution in [1.82, 2.24) is 4.57 Å². The van der Waals surface area contributed by atoms with Gasteiger partial charge in [0, 0.05) is 23.3 Å². The number of aromatic nitrogens is 1. The molecule has 1 aliphatic rings. The predicted molar refractivity (Wildman–Crippen MR) is 94.6 cm³/mol. The van der Waals surface area contributed by atoms with Crippen molar-refractivity contribution in [3.8, 4) is 5.75 Å². The Balaban J connectivity index is 2.04. The van der Waals surface area contributed by atoms with E-state index in [0.717, 1.165) is 12.8 Å². The highest BCUT2D eigenvalue weighted by Gasteiger charge is 2.24. The number of amides is 1. The summed E-state index contributed by atoms with van der Waals surface area (Å²) < 4.78 is 6.92. The average Bonchev–Trinajstić information content (AvgIpc) is 2.57. The summed E-state index contributed by atoms with van der Waals surface area (Å²) in [5.41, 5.74) is 1.38. The molecule has 0 atom stereocenters. The smallest absolute Gasteiger partial charge is 0.261 e. The van der Waals surface area contributed by atoms with Crippen molar-refractivity contribution in [2.75, 3.05) is 12.4 Å². The van der Waals surface area contributed by atoms with Crippen LogP contribution in [0.25, 0.3) is 0 Å². The number of halogens is 2. The first-order valence-electron chi connectivity index (χ1n) is 7.58. The van der Waals surface area contributed by atoms with Crippen molar-refractivity contribution in [3.63, 3.8) is 0 Å². The summed E-state index contributed by atoms with van der Waals surface area (Å²) in [5, 5.41) is 3.60. The van der Waals surface area contributed by atoms with Crippen LogP contribution < -0.4 is 15.6 Å². The largest absolute Gasteiger partial charge is 0.496 e. The van der Waals surface area contributed by atoms with Crippen LogP contribution in [-0.4, -0.2) is 17.6 Å². The van der Waals surface area contributed by atoms with Crippen molar-refractivity contribution in [1.29, 1.82) is 0 Å². The number of fused-ring (bicyclic) bond motifs is 1. The van der Waals surface area contributed by atoms with Crippen LogP contribution in [0.3, 0.4) is 0 Å². The molecule has 2 heterocycles. The molecule has 0 radical (unpaired) electrons. The Morgan fingerprint density at radius 3 is 2.75 bits per heavy atom. The third-order valence-corrected chi connectivity index (χ3v) is 4.60. The fourth-order valence-corrected chi connectivity index (χ4v) is 3.38. The van der Waals surface area contributed by atoms with Gasteiger partial charge in [0.15, 0.2) is 0 Å². The van der Waals surface area contributed by atoms with E-state index in [9.17, 15) is 9.59 Å². The first-order valence-corrected chi connectivity index (χ1v) is 8.34. The molecule has 0 aliphatic carbocycles. The zero-order valence-corrected chi connectivity index (χ0v) is 14.6. The second-order valence-electron chi connectivity index (χ2n) is 5.56. The second-order valence-corrected chi connectivity index (χ2v) is 6.40. The van der Waals surface area contributed by atoms with Crippen LogP contribution in [0.1, 0.15) is 28.9 Å². The highest BCUT2D eigenvalue weighted by atomic mass is 35.5. The van der Waals surface area contributed by atoms with Crippen LogP contribution in [0.15, 0.2) is 29.1 Å². The van der Waals surface area contributed by atoms with Gasteiger partial charge in [0.1, 0.15) is 11.3 Å². The van der Waals surface area contributed by atoms with E-state index in [1.807, 2.05) is 0 Å². The Kier molecular flexibility index (Phi) is 4.83. The molecule has 126 valence electrons. The van der Waals surface area contributed by atoms with Gasteiger partial charge < -0.3 is 14.6 Å². The average molecular weight is 367 g/mol. The third-order valence-electron chi connectivity index (χ3n) is 4.05. The molecular weight excluding hydrogens is 351 g/mol. The Labute approximate surface area is 149 Å². The molecule has 1 aromatic heterocycles. The Hall–Kier alpha value is -1.98. The molecule has 0 saturated heterocycles. The normalized spacial score (nSPS) is 13.3. The molecule has 1 amide bonds. The molecule has 7 heteroatoms. The van der Waals surface area contributed by atoms with Crippen molar-refractivity contribution in [2.24, 2.45) is 0 Å². The summed E-state index contributed by atoms with van der Waals surface area (Å²) in [6.07, 6.45) is 2.50. The monoisotopic (exact) mass is 366 g/mol. The maximum absolute atomic E-state index is 12.8. The topological polar surface area (TPSA) is 60.3 Å². The number of carbonyl (C=O) groups excluding carboxylic acids is 1. The zero-order chi connectivity index (χ0) is 17.3. The summed E-state index contributed by atoms with van der Waals surface area (Å²) in [5.74, 6) is -0.0857. The predicted octanol–water partition coefficient (Wildman–Crippen LogP) is 3.75. The third kappa shape index (κ3) is 3.14. The van der Waals surface area contributed by atoms with Gasteiger partial charge in [-0.3, -0.25) is 9.59 Å². The summed E-state index contributed by atoms with van der Waals surface area (Å²) in [7, 11) is 1.45. The fourth-order valence-electron chi connectivity index (χ4n) is 2.92. The maximum atomic E-state index is 12.8. The molecule has 0 unspecified atom stereocenters. The molecule has 2 aromatic rings. The van der Waals surface area contributed by atoms with Crippen LogP contribution in [0.2, 0.25) is 10.0 Å². The van der Waals surface area contributed by atoms with E-state index >= 15 is 0 Å². The van der Waals surface area contributed by atoms with E-state index in [0.29, 0.717) is 40.0 Å². The van der Waals surface area contributed by atoms with Crippen LogP contribution >= 0.6 is 23.2 Å². The Morgan fingerprint density at radius 2 is 2.04 bits per heavy atom. The summed E-state index contributed by atoms with van der Waals surface area (Å²) in [6, 6.07) is 6.19.